The lowest BCUT2D eigenvalue weighted by Crippen LogP contribution is -2.18. The summed E-state index contributed by atoms with van der Waals surface area (Å²) in [5.41, 5.74) is 10.3. The van der Waals surface area contributed by atoms with E-state index in [1.165, 1.54) is 6.26 Å². The van der Waals surface area contributed by atoms with E-state index in [4.69, 9.17) is 10.2 Å². The maximum absolute atomic E-state index is 11.6. The van der Waals surface area contributed by atoms with Crippen LogP contribution in [0.5, 0.6) is 0 Å². The lowest BCUT2D eigenvalue weighted by atomic mass is 10.1. The first-order valence-electron chi connectivity index (χ1n) is 5.41. The number of hydrogen-bond acceptors (Lipinski definition) is 4. The van der Waals surface area contributed by atoms with Crippen molar-refractivity contribution in [3.8, 4) is 0 Å². The van der Waals surface area contributed by atoms with Crippen LogP contribution in [0.4, 0.5) is 5.69 Å². The highest BCUT2D eigenvalue weighted by atomic mass is 16.3. The molecule has 3 N–H and O–H groups in total. The number of hydrogen-bond donors (Lipinski definition) is 2. The molecule has 5 nitrogen and oxygen atoms in total. The second-order valence-corrected chi connectivity index (χ2v) is 3.74. The Balaban J connectivity index is 2.05. The van der Waals surface area contributed by atoms with Crippen LogP contribution in [0.2, 0.25) is 0 Å². The minimum Gasteiger partial charge on any atom is -0.459 e. The van der Waals surface area contributed by atoms with E-state index in [1.807, 2.05) is 12.1 Å². The van der Waals surface area contributed by atoms with Crippen molar-refractivity contribution in [1.82, 2.24) is 5.43 Å². The number of rotatable bonds is 3. The fourth-order valence-electron chi connectivity index (χ4n) is 1.39. The summed E-state index contributed by atoms with van der Waals surface area (Å²) in [6.45, 7) is 1.80. The number of anilines is 1. The molecule has 0 fully saturated rings. The van der Waals surface area contributed by atoms with E-state index in [1.54, 1.807) is 31.2 Å². The number of nitrogens with one attached hydrogen (secondary N) is 1. The summed E-state index contributed by atoms with van der Waals surface area (Å²) in [4.78, 5) is 11.6. The Labute approximate surface area is 104 Å². The fraction of sp³-hybridized carbons (Fsp3) is 0.0769. The minimum atomic E-state index is -0.380. The van der Waals surface area contributed by atoms with E-state index in [-0.39, 0.29) is 11.7 Å². The van der Waals surface area contributed by atoms with E-state index in [2.05, 4.69) is 10.5 Å². The van der Waals surface area contributed by atoms with Gasteiger partial charge >= 0.3 is 5.91 Å². The van der Waals surface area contributed by atoms with Crippen LogP contribution in [0.1, 0.15) is 23.0 Å². The molecule has 18 heavy (non-hydrogen) atoms. The van der Waals surface area contributed by atoms with E-state index in [0.29, 0.717) is 11.4 Å². The van der Waals surface area contributed by atoms with Gasteiger partial charge < -0.3 is 10.2 Å². The van der Waals surface area contributed by atoms with Crippen LogP contribution in [0, 0.1) is 0 Å². The van der Waals surface area contributed by atoms with Crippen molar-refractivity contribution in [2.24, 2.45) is 5.10 Å². The van der Waals surface area contributed by atoms with E-state index in [0.717, 1.165) is 5.56 Å². The zero-order chi connectivity index (χ0) is 13.0. The summed E-state index contributed by atoms with van der Waals surface area (Å²) in [6.07, 6.45) is 1.44. The normalized spacial score (nSPS) is 11.3. The molecule has 0 aliphatic rings. The van der Waals surface area contributed by atoms with Crippen LogP contribution in [0.3, 0.4) is 0 Å². The predicted octanol–water partition coefficient (Wildman–Crippen LogP) is 2.02. The highest BCUT2D eigenvalue weighted by Gasteiger charge is 2.06. The van der Waals surface area contributed by atoms with Crippen LogP contribution < -0.4 is 11.2 Å². The van der Waals surface area contributed by atoms with Gasteiger partial charge in [-0.3, -0.25) is 4.79 Å². The molecule has 1 aromatic carbocycles. The maximum atomic E-state index is 11.6. The van der Waals surface area contributed by atoms with Crippen molar-refractivity contribution in [2.75, 3.05) is 5.73 Å². The first-order valence-corrected chi connectivity index (χ1v) is 5.41. The van der Waals surface area contributed by atoms with Crippen molar-refractivity contribution < 1.29 is 9.21 Å². The van der Waals surface area contributed by atoms with Gasteiger partial charge in [0.2, 0.25) is 0 Å². The summed E-state index contributed by atoms with van der Waals surface area (Å²) < 4.78 is 4.95. The summed E-state index contributed by atoms with van der Waals surface area (Å²) in [5, 5.41) is 4.00. The number of furan rings is 1. The molecule has 2 rings (SSSR count). The molecule has 2 aromatic rings. The molecular weight excluding hydrogens is 230 g/mol. The van der Waals surface area contributed by atoms with Gasteiger partial charge in [0.15, 0.2) is 5.76 Å². The van der Waals surface area contributed by atoms with Gasteiger partial charge in [0.05, 0.1) is 12.0 Å². The molecule has 0 saturated heterocycles. The van der Waals surface area contributed by atoms with Crippen molar-refractivity contribution >= 4 is 17.3 Å². The summed E-state index contributed by atoms with van der Waals surface area (Å²) in [5.74, 6) is -0.154. The van der Waals surface area contributed by atoms with Gasteiger partial charge in [-0.15, -0.1) is 0 Å². The van der Waals surface area contributed by atoms with Crippen LogP contribution in [0.25, 0.3) is 0 Å². The molecule has 92 valence electrons. The van der Waals surface area contributed by atoms with E-state index in [9.17, 15) is 4.79 Å². The molecule has 0 saturated carbocycles. The highest BCUT2D eigenvalue weighted by Crippen LogP contribution is 2.06. The van der Waals surface area contributed by atoms with E-state index < -0.39 is 0 Å². The van der Waals surface area contributed by atoms with Gasteiger partial charge in [0.25, 0.3) is 0 Å². The van der Waals surface area contributed by atoms with E-state index >= 15 is 0 Å². The van der Waals surface area contributed by atoms with Crippen molar-refractivity contribution in [1.29, 1.82) is 0 Å². The zero-order valence-electron chi connectivity index (χ0n) is 9.88. The van der Waals surface area contributed by atoms with Crippen LogP contribution in [0.15, 0.2) is 52.2 Å². The number of carbonyl (C=O) groups excluding carboxylic acids is 1. The van der Waals surface area contributed by atoms with Crippen LogP contribution in [-0.4, -0.2) is 11.6 Å². The number of amides is 1. The number of hydrazone groups is 1. The smallest absolute Gasteiger partial charge is 0.307 e. The third-order valence-electron chi connectivity index (χ3n) is 2.40. The first-order chi connectivity index (χ1) is 8.66. The van der Waals surface area contributed by atoms with Crippen LogP contribution in [-0.2, 0) is 0 Å². The third kappa shape index (κ3) is 2.76. The number of nitrogens with two attached hydrogens (primary N) is 1. The fourth-order valence-corrected chi connectivity index (χ4v) is 1.39. The lowest BCUT2D eigenvalue weighted by molar-refractivity contribution is 0.0927. The summed E-state index contributed by atoms with van der Waals surface area (Å²) in [7, 11) is 0. The number of nitrogens with zero attached hydrogens (tertiary/aromatic N) is 1. The van der Waals surface area contributed by atoms with Gasteiger partial charge in [0, 0.05) is 5.69 Å². The Morgan fingerprint density at radius 2 is 2.00 bits per heavy atom. The van der Waals surface area contributed by atoms with Gasteiger partial charge in [0.1, 0.15) is 0 Å². The second-order valence-electron chi connectivity index (χ2n) is 3.74. The molecule has 0 unspecified atom stereocenters. The molecule has 0 atom stereocenters. The Morgan fingerprint density at radius 1 is 1.28 bits per heavy atom. The highest BCUT2D eigenvalue weighted by molar-refractivity contribution is 6.00. The van der Waals surface area contributed by atoms with Gasteiger partial charge in [-0.1, -0.05) is 12.1 Å². The molecule has 0 aliphatic heterocycles. The standard InChI is InChI=1S/C13H13N3O2/c1-9(10-4-6-11(14)7-5-10)15-16-13(17)12-3-2-8-18-12/h2-8H,14H2,1H3,(H,16,17)/b15-9-. The third-order valence-corrected chi connectivity index (χ3v) is 2.40. The minimum absolute atomic E-state index is 0.226. The Bertz CT molecular complexity index is 556. The van der Waals surface area contributed by atoms with Gasteiger partial charge in [-0.2, -0.15) is 5.10 Å². The molecule has 1 amide bonds. The predicted molar refractivity (Wildman–Crippen MR) is 69.2 cm³/mol. The molecular formula is C13H13N3O2. The summed E-state index contributed by atoms with van der Waals surface area (Å²) in [6, 6.07) is 10.5. The number of nitrogen functional groups attached to an aromatic ring is 1. The number of carbonyl (C=O) groups is 1. The van der Waals surface area contributed by atoms with Crippen LogP contribution >= 0.6 is 0 Å². The second kappa shape index (κ2) is 5.18. The Morgan fingerprint density at radius 3 is 2.61 bits per heavy atom. The Kier molecular flexibility index (Phi) is 3.43. The van der Waals surface area contributed by atoms with Gasteiger partial charge in [-0.05, 0) is 36.8 Å². The van der Waals surface area contributed by atoms with Crippen molar-refractivity contribution in [2.45, 2.75) is 6.92 Å². The molecule has 0 spiro atoms. The summed E-state index contributed by atoms with van der Waals surface area (Å²) >= 11 is 0. The largest absolute Gasteiger partial charge is 0.459 e. The lowest BCUT2D eigenvalue weighted by Gasteiger charge is -2.02. The molecule has 0 radical (unpaired) electrons. The molecule has 5 heteroatoms. The first kappa shape index (κ1) is 11.9. The van der Waals surface area contributed by atoms with Crippen molar-refractivity contribution in [3.63, 3.8) is 0 Å². The zero-order valence-corrected chi connectivity index (χ0v) is 9.88. The SMILES string of the molecule is C/C(=N/NC(=O)c1ccco1)c1ccc(N)cc1. The monoisotopic (exact) mass is 243 g/mol. The molecule has 1 aromatic heterocycles. The molecule has 1 heterocycles. The van der Waals surface area contributed by atoms with Gasteiger partial charge in [-0.25, -0.2) is 5.43 Å². The quantitative estimate of drug-likeness (QED) is 0.491. The topological polar surface area (TPSA) is 80.6 Å². The maximum Gasteiger partial charge on any atom is 0.307 e. The number of benzene rings is 1. The average Bonchev–Trinajstić information content (AvgIpc) is 2.90. The van der Waals surface area contributed by atoms with Crippen molar-refractivity contribution in [3.05, 3.63) is 54.0 Å². The molecule has 0 aliphatic carbocycles. The average molecular weight is 243 g/mol. The molecule has 0 bridgehead atoms. The Hall–Kier alpha value is -2.56.